The molecule has 56 valence electrons. The summed E-state index contributed by atoms with van der Waals surface area (Å²) >= 11 is 0. The monoisotopic (exact) mass is 149 g/mol. The third-order valence-corrected chi connectivity index (χ3v) is 1.58. The molecular weight excluding hydrogens is 142 g/mol. The fourth-order valence-electron chi connectivity index (χ4n) is 0.999. The number of rotatable bonds is 1. The van der Waals surface area contributed by atoms with E-state index in [1.807, 2.05) is 30.3 Å². The zero-order valence-electron chi connectivity index (χ0n) is 5.78. The van der Waals surface area contributed by atoms with Crippen molar-refractivity contribution in [3.05, 3.63) is 35.9 Å². The van der Waals surface area contributed by atoms with Crippen LogP contribution in [0.5, 0.6) is 0 Å². The maximum absolute atomic E-state index is 10.3. The number of ether oxygens (including phenoxy) is 1. The van der Waals surface area contributed by atoms with E-state index < -0.39 is 0 Å². The van der Waals surface area contributed by atoms with Crippen LogP contribution in [0, 0.1) is 0 Å². The Morgan fingerprint density at radius 1 is 1.27 bits per heavy atom. The van der Waals surface area contributed by atoms with Gasteiger partial charge in [-0.2, -0.15) is 0 Å². The minimum atomic E-state index is -0.348. The highest BCUT2D eigenvalue weighted by molar-refractivity contribution is 5.72. The molecule has 1 unspecified atom stereocenters. The predicted octanol–water partition coefficient (Wildman–Crippen LogP) is 1.43. The molecule has 1 N–H and O–H groups in total. The summed E-state index contributed by atoms with van der Waals surface area (Å²) < 4.78 is 4.78. The molecule has 1 saturated heterocycles. The Morgan fingerprint density at radius 3 is 2.45 bits per heavy atom. The Balaban J connectivity index is 2.13. The SMILES string of the molecule is O=C1NC(c2ccccc2)O1. The van der Waals surface area contributed by atoms with E-state index in [0.717, 1.165) is 5.56 Å². The van der Waals surface area contributed by atoms with Crippen LogP contribution >= 0.6 is 0 Å². The van der Waals surface area contributed by atoms with Gasteiger partial charge in [0.15, 0.2) is 0 Å². The van der Waals surface area contributed by atoms with E-state index in [1.54, 1.807) is 0 Å². The first-order valence-corrected chi connectivity index (χ1v) is 3.38. The average Bonchev–Trinajstić information content (AvgIpc) is 2.01. The van der Waals surface area contributed by atoms with Crippen LogP contribution in [-0.4, -0.2) is 6.09 Å². The summed E-state index contributed by atoms with van der Waals surface area (Å²) in [6, 6.07) is 9.55. The molecule has 2 rings (SSSR count). The van der Waals surface area contributed by atoms with Crippen LogP contribution in [0.15, 0.2) is 30.3 Å². The van der Waals surface area contributed by atoms with Gasteiger partial charge in [-0.15, -0.1) is 0 Å². The van der Waals surface area contributed by atoms with Crippen molar-refractivity contribution in [1.82, 2.24) is 5.32 Å². The Hall–Kier alpha value is -1.51. The van der Waals surface area contributed by atoms with E-state index in [9.17, 15) is 4.79 Å². The van der Waals surface area contributed by atoms with Crippen molar-refractivity contribution in [3.8, 4) is 0 Å². The Kier molecular flexibility index (Phi) is 1.28. The van der Waals surface area contributed by atoms with Crippen molar-refractivity contribution in [2.45, 2.75) is 6.23 Å². The van der Waals surface area contributed by atoms with E-state index in [1.165, 1.54) is 0 Å². The normalized spacial score (nSPS) is 21.5. The van der Waals surface area contributed by atoms with Gasteiger partial charge < -0.3 is 4.74 Å². The van der Waals surface area contributed by atoms with Crippen LogP contribution in [0.25, 0.3) is 0 Å². The topological polar surface area (TPSA) is 38.3 Å². The molecule has 1 aliphatic rings. The second-order valence-electron chi connectivity index (χ2n) is 2.34. The van der Waals surface area contributed by atoms with Crippen LogP contribution < -0.4 is 5.32 Å². The Bertz CT molecular complexity index is 263. The maximum atomic E-state index is 10.3. The Labute approximate surface area is 64.0 Å². The van der Waals surface area contributed by atoms with Gasteiger partial charge in [0.25, 0.3) is 0 Å². The molecule has 11 heavy (non-hydrogen) atoms. The maximum Gasteiger partial charge on any atom is 0.412 e. The number of cyclic esters (lactones) is 1. The van der Waals surface area contributed by atoms with Crippen LogP contribution in [0.3, 0.4) is 0 Å². The lowest BCUT2D eigenvalue weighted by Gasteiger charge is -2.27. The summed E-state index contributed by atoms with van der Waals surface area (Å²) in [6.45, 7) is 0. The molecule has 3 heteroatoms. The van der Waals surface area contributed by atoms with Crippen molar-refractivity contribution in [2.75, 3.05) is 0 Å². The van der Waals surface area contributed by atoms with Crippen molar-refractivity contribution < 1.29 is 9.53 Å². The molecule has 0 radical (unpaired) electrons. The molecule has 0 aromatic heterocycles. The van der Waals surface area contributed by atoms with E-state index in [0.29, 0.717) is 0 Å². The van der Waals surface area contributed by atoms with Gasteiger partial charge in [0, 0.05) is 5.56 Å². The third-order valence-electron chi connectivity index (χ3n) is 1.58. The van der Waals surface area contributed by atoms with Crippen LogP contribution in [-0.2, 0) is 4.74 Å². The molecular formula is C8H7NO2. The molecule has 0 saturated carbocycles. The lowest BCUT2D eigenvalue weighted by molar-refractivity contribution is 0.0123. The highest BCUT2D eigenvalue weighted by Gasteiger charge is 2.27. The molecule has 0 bridgehead atoms. The fourth-order valence-corrected chi connectivity index (χ4v) is 0.999. The van der Waals surface area contributed by atoms with Gasteiger partial charge in [0.05, 0.1) is 0 Å². The van der Waals surface area contributed by atoms with Gasteiger partial charge >= 0.3 is 6.09 Å². The molecule has 1 aromatic rings. The van der Waals surface area contributed by atoms with Crippen LogP contribution in [0.2, 0.25) is 0 Å². The molecule has 1 fully saturated rings. The van der Waals surface area contributed by atoms with Gasteiger partial charge in [-0.1, -0.05) is 30.3 Å². The summed E-state index contributed by atoms with van der Waals surface area (Å²) in [6.07, 6.45) is -0.581. The van der Waals surface area contributed by atoms with Crippen molar-refractivity contribution in [1.29, 1.82) is 0 Å². The van der Waals surface area contributed by atoms with Crippen molar-refractivity contribution in [3.63, 3.8) is 0 Å². The van der Waals surface area contributed by atoms with Crippen LogP contribution in [0.1, 0.15) is 11.8 Å². The van der Waals surface area contributed by atoms with Crippen molar-refractivity contribution >= 4 is 6.09 Å². The third kappa shape index (κ3) is 1.05. The van der Waals surface area contributed by atoms with Gasteiger partial charge in [-0.3, -0.25) is 5.32 Å². The summed E-state index contributed by atoms with van der Waals surface area (Å²) in [4.78, 5) is 10.3. The minimum Gasteiger partial charge on any atom is -0.421 e. The zero-order valence-corrected chi connectivity index (χ0v) is 5.78. The summed E-state index contributed by atoms with van der Waals surface area (Å²) in [5.41, 5.74) is 0.979. The van der Waals surface area contributed by atoms with E-state index in [-0.39, 0.29) is 12.3 Å². The lowest BCUT2D eigenvalue weighted by atomic mass is 10.2. The van der Waals surface area contributed by atoms with E-state index >= 15 is 0 Å². The van der Waals surface area contributed by atoms with E-state index in [4.69, 9.17) is 4.74 Å². The first-order valence-electron chi connectivity index (χ1n) is 3.38. The summed E-state index contributed by atoms with van der Waals surface area (Å²) in [5.74, 6) is 0. The largest absolute Gasteiger partial charge is 0.421 e. The first kappa shape index (κ1) is 6.22. The number of hydrogen-bond acceptors (Lipinski definition) is 2. The molecule has 1 amide bonds. The highest BCUT2D eigenvalue weighted by atomic mass is 16.6. The highest BCUT2D eigenvalue weighted by Crippen LogP contribution is 2.20. The fraction of sp³-hybridized carbons (Fsp3) is 0.125. The molecule has 0 spiro atoms. The van der Waals surface area contributed by atoms with Gasteiger partial charge in [0.2, 0.25) is 6.23 Å². The zero-order chi connectivity index (χ0) is 7.68. The summed E-state index contributed by atoms with van der Waals surface area (Å²) in [5, 5.41) is 2.60. The summed E-state index contributed by atoms with van der Waals surface area (Å²) in [7, 11) is 0. The van der Waals surface area contributed by atoms with Gasteiger partial charge in [-0.25, -0.2) is 4.79 Å². The predicted molar refractivity (Wildman–Crippen MR) is 38.8 cm³/mol. The van der Waals surface area contributed by atoms with Gasteiger partial charge in [-0.05, 0) is 0 Å². The van der Waals surface area contributed by atoms with Crippen molar-refractivity contribution in [2.24, 2.45) is 0 Å². The Morgan fingerprint density at radius 2 is 1.91 bits per heavy atom. The number of amides is 1. The number of hydrogen-bond donors (Lipinski definition) is 1. The molecule has 1 atom stereocenters. The average molecular weight is 149 g/mol. The number of carbonyl (C=O) groups excluding carboxylic acids is 1. The molecule has 0 aliphatic carbocycles. The first-order chi connectivity index (χ1) is 5.36. The minimum absolute atomic E-state index is 0.233. The molecule has 3 nitrogen and oxygen atoms in total. The number of nitrogens with one attached hydrogen (secondary N) is 1. The van der Waals surface area contributed by atoms with Crippen LogP contribution in [0.4, 0.5) is 4.79 Å². The molecule has 1 aliphatic heterocycles. The number of carbonyl (C=O) groups is 1. The molecule has 1 aromatic carbocycles. The van der Waals surface area contributed by atoms with Gasteiger partial charge in [0.1, 0.15) is 0 Å². The lowest BCUT2D eigenvalue weighted by Crippen LogP contribution is -2.43. The number of benzene rings is 1. The second-order valence-corrected chi connectivity index (χ2v) is 2.34. The molecule has 1 heterocycles. The quantitative estimate of drug-likeness (QED) is 0.655. The van der Waals surface area contributed by atoms with E-state index in [2.05, 4.69) is 5.32 Å². The smallest absolute Gasteiger partial charge is 0.412 e. The standard InChI is InChI=1S/C8H7NO2/c10-8-9-7(11-8)6-4-2-1-3-5-6/h1-5,7H,(H,9,10). The second kappa shape index (κ2) is 2.27.